The van der Waals surface area contributed by atoms with E-state index in [0.29, 0.717) is 5.69 Å². The first-order valence-electron chi connectivity index (χ1n) is 6.04. The van der Waals surface area contributed by atoms with Crippen LogP contribution < -0.4 is 5.32 Å². The molecule has 0 radical (unpaired) electrons. The van der Waals surface area contributed by atoms with Crippen molar-refractivity contribution in [2.45, 2.75) is 13.3 Å². The van der Waals surface area contributed by atoms with E-state index < -0.39 is 0 Å². The molecule has 1 aromatic carbocycles. The Morgan fingerprint density at radius 1 is 1.37 bits per heavy atom. The lowest BCUT2D eigenvalue weighted by molar-refractivity contribution is 0.0594. The van der Waals surface area contributed by atoms with Gasteiger partial charge < -0.3 is 10.1 Å². The Morgan fingerprint density at radius 2 is 2.11 bits per heavy atom. The molecule has 0 spiro atoms. The van der Waals surface area contributed by atoms with Crippen molar-refractivity contribution in [2.24, 2.45) is 0 Å². The molecule has 0 aliphatic rings. The number of carbonyl (C=O) groups excluding carboxylic acids is 1. The van der Waals surface area contributed by atoms with E-state index in [1.807, 2.05) is 25.1 Å². The molecule has 0 aliphatic carbocycles. The minimum atomic E-state index is -0.384. The van der Waals surface area contributed by atoms with Crippen LogP contribution in [0.4, 0.5) is 5.13 Å². The van der Waals surface area contributed by atoms with E-state index in [-0.39, 0.29) is 5.97 Å². The number of aryl methyl sites for hydroxylation is 1. The number of nitrogens with one attached hydrogen (secondary N) is 1. The van der Waals surface area contributed by atoms with Gasteiger partial charge in [0.05, 0.1) is 7.11 Å². The monoisotopic (exact) mass is 276 g/mol. The number of rotatable bonds is 5. The summed E-state index contributed by atoms with van der Waals surface area (Å²) in [6.45, 7) is 2.66. The van der Waals surface area contributed by atoms with E-state index in [1.54, 1.807) is 0 Å². The summed E-state index contributed by atoms with van der Waals surface area (Å²) in [6, 6.07) is 10.2. The van der Waals surface area contributed by atoms with Gasteiger partial charge in [0.1, 0.15) is 0 Å². The van der Waals surface area contributed by atoms with Crippen LogP contribution in [0.3, 0.4) is 0 Å². The van der Waals surface area contributed by atoms with Gasteiger partial charge in [0.2, 0.25) is 0 Å². The van der Waals surface area contributed by atoms with Crippen molar-refractivity contribution in [3.63, 3.8) is 0 Å². The predicted molar refractivity (Wildman–Crippen MR) is 76.8 cm³/mol. The van der Waals surface area contributed by atoms with Gasteiger partial charge in [-0.15, -0.1) is 11.3 Å². The molecule has 1 aromatic heterocycles. The highest BCUT2D eigenvalue weighted by atomic mass is 32.1. The summed E-state index contributed by atoms with van der Waals surface area (Å²) in [4.78, 5) is 16.6. The molecule has 0 unspecified atom stereocenters. The highest BCUT2D eigenvalue weighted by molar-refractivity contribution is 7.15. The zero-order chi connectivity index (χ0) is 13.7. The Bertz CT molecular complexity index is 552. The molecule has 5 heteroatoms. The number of nitrogens with zero attached hydrogens (tertiary/aromatic N) is 1. The Hall–Kier alpha value is -1.88. The third-order valence-corrected chi connectivity index (χ3v) is 3.64. The maximum absolute atomic E-state index is 11.4. The lowest BCUT2D eigenvalue weighted by Crippen LogP contribution is -2.06. The normalized spacial score (nSPS) is 10.2. The first-order chi connectivity index (χ1) is 9.20. The van der Waals surface area contributed by atoms with Crippen molar-refractivity contribution in [2.75, 3.05) is 19.0 Å². The lowest BCUT2D eigenvalue weighted by Gasteiger charge is -2.02. The molecular weight excluding hydrogens is 260 g/mol. The van der Waals surface area contributed by atoms with E-state index >= 15 is 0 Å². The van der Waals surface area contributed by atoms with Gasteiger partial charge >= 0.3 is 5.97 Å². The van der Waals surface area contributed by atoms with Crippen molar-refractivity contribution < 1.29 is 9.53 Å². The fourth-order valence-corrected chi connectivity index (χ4v) is 2.54. The number of aromatic nitrogens is 1. The number of carbonyl (C=O) groups is 1. The van der Waals surface area contributed by atoms with Gasteiger partial charge in [0, 0.05) is 11.4 Å². The minimum Gasteiger partial charge on any atom is -0.464 e. The van der Waals surface area contributed by atoms with Gasteiger partial charge in [-0.2, -0.15) is 0 Å². The molecular formula is C14H16N2O2S. The van der Waals surface area contributed by atoms with Crippen LogP contribution >= 0.6 is 11.3 Å². The van der Waals surface area contributed by atoms with Crippen molar-refractivity contribution in [3.05, 3.63) is 46.5 Å². The number of benzene rings is 1. The second kappa shape index (κ2) is 6.33. The van der Waals surface area contributed by atoms with Crippen LogP contribution in [0.5, 0.6) is 0 Å². The molecule has 2 aromatic rings. The fraction of sp³-hybridized carbons (Fsp3) is 0.286. The molecule has 0 saturated carbocycles. The van der Waals surface area contributed by atoms with Crippen LogP contribution in [-0.2, 0) is 11.2 Å². The summed E-state index contributed by atoms with van der Waals surface area (Å²) in [5.41, 5.74) is 1.67. The SMILES string of the molecule is COC(=O)c1nc(NCCc2ccccc2)sc1C. The first kappa shape index (κ1) is 13.5. The highest BCUT2D eigenvalue weighted by Crippen LogP contribution is 2.22. The summed E-state index contributed by atoms with van der Waals surface area (Å²) in [5.74, 6) is -0.384. The van der Waals surface area contributed by atoms with Crippen molar-refractivity contribution in [1.29, 1.82) is 0 Å². The molecule has 0 fully saturated rings. The van der Waals surface area contributed by atoms with E-state index in [1.165, 1.54) is 24.0 Å². The number of hydrogen-bond acceptors (Lipinski definition) is 5. The summed E-state index contributed by atoms with van der Waals surface area (Å²) in [6.07, 6.45) is 0.924. The zero-order valence-electron chi connectivity index (χ0n) is 11.0. The Balaban J connectivity index is 1.92. The van der Waals surface area contributed by atoms with E-state index in [0.717, 1.165) is 23.0 Å². The minimum absolute atomic E-state index is 0.384. The quantitative estimate of drug-likeness (QED) is 0.853. The number of thiazole rings is 1. The van der Waals surface area contributed by atoms with Crippen LogP contribution in [0, 0.1) is 6.92 Å². The first-order valence-corrected chi connectivity index (χ1v) is 6.86. The second-order valence-corrected chi connectivity index (χ2v) is 5.28. The van der Waals surface area contributed by atoms with Crippen LogP contribution in [0.2, 0.25) is 0 Å². The Kier molecular flexibility index (Phi) is 4.52. The molecule has 0 amide bonds. The van der Waals surface area contributed by atoms with Gasteiger partial charge in [0.15, 0.2) is 10.8 Å². The third-order valence-electron chi connectivity index (χ3n) is 2.71. The molecule has 100 valence electrons. The summed E-state index contributed by atoms with van der Waals surface area (Å²) < 4.78 is 4.68. The number of hydrogen-bond donors (Lipinski definition) is 1. The Morgan fingerprint density at radius 3 is 2.79 bits per heavy atom. The topological polar surface area (TPSA) is 51.2 Å². The summed E-state index contributed by atoms with van der Waals surface area (Å²) in [5, 5.41) is 3.99. The van der Waals surface area contributed by atoms with Gasteiger partial charge in [-0.3, -0.25) is 0 Å². The van der Waals surface area contributed by atoms with Crippen LogP contribution in [0.25, 0.3) is 0 Å². The predicted octanol–water partition coefficient (Wildman–Crippen LogP) is 2.89. The van der Waals surface area contributed by atoms with E-state index in [4.69, 9.17) is 0 Å². The molecule has 0 atom stereocenters. The number of anilines is 1. The largest absolute Gasteiger partial charge is 0.464 e. The molecule has 0 aliphatic heterocycles. The third kappa shape index (κ3) is 3.54. The summed E-state index contributed by atoms with van der Waals surface area (Å²) in [7, 11) is 1.36. The van der Waals surface area contributed by atoms with Gasteiger partial charge in [-0.05, 0) is 18.9 Å². The highest BCUT2D eigenvalue weighted by Gasteiger charge is 2.15. The zero-order valence-corrected chi connectivity index (χ0v) is 11.8. The molecule has 0 saturated heterocycles. The summed E-state index contributed by atoms with van der Waals surface area (Å²) >= 11 is 1.47. The standard InChI is InChI=1S/C14H16N2O2S/c1-10-12(13(17)18-2)16-14(19-10)15-9-8-11-6-4-3-5-7-11/h3-7H,8-9H2,1-2H3,(H,15,16). The maximum atomic E-state index is 11.4. The van der Waals surface area contributed by atoms with Gasteiger partial charge in [0.25, 0.3) is 0 Å². The van der Waals surface area contributed by atoms with Crippen molar-refractivity contribution >= 4 is 22.4 Å². The van der Waals surface area contributed by atoms with Crippen LogP contribution in [0.15, 0.2) is 30.3 Å². The maximum Gasteiger partial charge on any atom is 0.357 e. The molecule has 4 nitrogen and oxygen atoms in total. The molecule has 2 rings (SSSR count). The number of esters is 1. The fourth-order valence-electron chi connectivity index (χ4n) is 1.72. The second-order valence-electron chi connectivity index (χ2n) is 4.08. The smallest absolute Gasteiger partial charge is 0.357 e. The molecule has 19 heavy (non-hydrogen) atoms. The number of methoxy groups -OCH3 is 1. The Labute approximate surface area is 116 Å². The average molecular weight is 276 g/mol. The van der Waals surface area contributed by atoms with Crippen LogP contribution in [-0.4, -0.2) is 24.6 Å². The molecule has 0 bridgehead atoms. The molecule has 1 heterocycles. The van der Waals surface area contributed by atoms with Gasteiger partial charge in [-0.1, -0.05) is 30.3 Å². The number of ether oxygens (including phenoxy) is 1. The molecule has 1 N–H and O–H groups in total. The van der Waals surface area contributed by atoms with Crippen LogP contribution in [0.1, 0.15) is 20.9 Å². The lowest BCUT2D eigenvalue weighted by atomic mass is 10.2. The van der Waals surface area contributed by atoms with E-state index in [9.17, 15) is 4.79 Å². The average Bonchev–Trinajstić information content (AvgIpc) is 2.80. The van der Waals surface area contributed by atoms with Crippen molar-refractivity contribution in [1.82, 2.24) is 4.98 Å². The van der Waals surface area contributed by atoms with Gasteiger partial charge in [-0.25, -0.2) is 9.78 Å². The van der Waals surface area contributed by atoms with E-state index in [2.05, 4.69) is 27.2 Å². The van der Waals surface area contributed by atoms with Crippen molar-refractivity contribution in [3.8, 4) is 0 Å².